The van der Waals surface area contributed by atoms with Gasteiger partial charge in [-0.15, -0.1) is 0 Å². The van der Waals surface area contributed by atoms with Gasteiger partial charge in [-0.2, -0.15) is 0 Å². The lowest BCUT2D eigenvalue weighted by molar-refractivity contribution is -0.384. The minimum Gasteiger partial charge on any atom is -0.449 e. The Morgan fingerprint density at radius 3 is 2.32 bits per heavy atom. The van der Waals surface area contributed by atoms with Crippen LogP contribution in [0, 0.1) is 10.1 Å². The van der Waals surface area contributed by atoms with Crippen molar-refractivity contribution in [3.63, 3.8) is 0 Å². The van der Waals surface area contributed by atoms with Crippen LogP contribution in [0.2, 0.25) is 5.02 Å². The molecular formula is C17H15ClN2O7S. The molecule has 148 valence electrons. The highest BCUT2D eigenvalue weighted by molar-refractivity contribution is 7.90. The second-order valence-corrected chi connectivity index (χ2v) is 8.18. The molecule has 2 aromatic carbocycles. The lowest BCUT2D eigenvalue weighted by Crippen LogP contribution is -2.30. The van der Waals surface area contributed by atoms with Gasteiger partial charge in [0.25, 0.3) is 11.6 Å². The fourth-order valence-corrected chi connectivity index (χ4v) is 2.87. The number of nitro benzene ring substituents is 1. The molecule has 0 fully saturated rings. The largest absolute Gasteiger partial charge is 0.449 e. The van der Waals surface area contributed by atoms with Crippen LogP contribution in [0.15, 0.2) is 47.4 Å². The number of benzene rings is 2. The van der Waals surface area contributed by atoms with Crippen LogP contribution in [0.5, 0.6) is 0 Å². The third-order valence-electron chi connectivity index (χ3n) is 3.59. The average molecular weight is 427 g/mol. The van der Waals surface area contributed by atoms with Gasteiger partial charge in [0.2, 0.25) is 0 Å². The molecule has 2 rings (SSSR count). The number of halogens is 1. The van der Waals surface area contributed by atoms with Gasteiger partial charge < -0.3 is 10.1 Å². The molecule has 1 N–H and O–H groups in total. The van der Waals surface area contributed by atoms with E-state index >= 15 is 0 Å². The Bertz CT molecular complexity index is 1040. The van der Waals surface area contributed by atoms with Crippen LogP contribution in [0.1, 0.15) is 17.3 Å². The Morgan fingerprint density at radius 2 is 1.79 bits per heavy atom. The van der Waals surface area contributed by atoms with E-state index in [0.29, 0.717) is 0 Å². The SMILES string of the molecule is C[C@H](OC(=O)c1ccc(S(C)(=O)=O)cc1)C(=O)Nc1cc([N+](=O)[O-])ccc1Cl. The lowest BCUT2D eigenvalue weighted by atomic mass is 10.2. The number of nitro groups is 1. The smallest absolute Gasteiger partial charge is 0.338 e. The zero-order valence-electron chi connectivity index (χ0n) is 14.7. The van der Waals surface area contributed by atoms with Gasteiger partial charge in [0.15, 0.2) is 15.9 Å². The van der Waals surface area contributed by atoms with Crippen LogP contribution < -0.4 is 5.32 Å². The van der Waals surface area contributed by atoms with E-state index in [-0.39, 0.29) is 26.9 Å². The molecule has 1 atom stereocenters. The summed E-state index contributed by atoms with van der Waals surface area (Å²) in [7, 11) is -3.41. The fourth-order valence-electron chi connectivity index (χ4n) is 2.08. The number of esters is 1. The Labute approximate surface area is 165 Å². The summed E-state index contributed by atoms with van der Waals surface area (Å²) >= 11 is 5.91. The van der Waals surface area contributed by atoms with E-state index in [1.165, 1.54) is 43.3 Å². The first-order chi connectivity index (χ1) is 13.0. The normalized spacial score (nSPS) is 12.1. The summed E-state index contributed by atoms with van der Waals surface area (Å²) in [5, 5.41) is 13.3. The van der Waals surface area contributed by atoms with Crippen molar-refractivity contribution in [3.8, 4) is 0 Å². The van der Waals surface area contributed by atoms with Gasteiger partial charge in [-0.3, -0.25) is 14.9 Å². The summed E-state index contributed by atoms with van der Waals surface area (Å²) in [6.07, 6.45) is -0.205. The molecule has 11 heteroatoms. The molecule has 0 saturated carbocycles. The van der Waals surface area contributed by atoms with Gasteiger partial charge in [-0.25, -0.2) is 13.2 Å². The molecule has 28 heavy (non-hydrogen) atoms. The van der Waals surface area contributed by atoms with Gasteiger partial charge in [-0.1, -0.05) is 11.6 Å². The highest BCUT2D eigenvalue weighted by Crippen LogP contribution is 2.27. The third-order valence-corrected chi connectivity index (χ3v) is 5.05. The Hall–Kier alpha value is -2.98. The molecule has 2 aromatic rings. The number of nitrogens with one attached hydrogen (secondary N) is 1. The molecule has 0 heterocycles. The maximum Gasteiger partial charge on any atom is 0.338 e. The molecule has 0 aliphatic rings. The second-order valence-electron chi connectivity index (χ2n) is 5.75. The highest BCUT2D eigenvalue weighted by atomic mass is 35.5. The molecule has 9 nitrogen and oxygen atoms in total. The van der Waals surface area contributed by atoms with Crippen LogP contribution in [-0.4, -0.2) is 37.6 Å². The maximum atomic E-state index is 12.2. The van der Waals surface area contributed by atoms with E-state index < -0.39 is 32.7 Å². The molecule has 1 amide bonds. The number of anilines is 1. The predicted molar refractivity (Wildman–Crippen MR) is 101 cm³/mol. The quantitative estimate of drug-likeness (QED) is 0.426. The van der Waals surface area contributed by atoms with Gasteiger partial charge in [0.05, 0.1) is 26.1 Å². The van der Waals surface area contributed by atoms with Gasteiger partial charge in [0.1, 0.15) is 0 Å². The third kappa shape index (κ3) is 5.27. The topological polar surface area (TPSA) is 133 Å². The molecule has 0 spiro atoms. The summed E-state index contributed by atoms with van der Waals surface area (Å²) in [5.74, 6) is -1.59. The maximum absolute atomic E-state index is 12.2. The van der Waals surface area contributed by atoms with Crippen molar-refractivity contribution >= 4 is 44.7 Å². The average Bonchev–Trinajstić information content (AvgIpc) is 2.62. The minimum atomic E-state index is -3.41. The van der Waals surface area contributed by atoms with Crippen LogP contribution in [-0.2, 0) is 19.4 Å². The number of rotatable bonds is 6. The van der Waals surface area contributed by atoms with Crippen LogP contribution in [0.3, 0.4) is 0 Å². The first-order valence-electron chi connectivity index (χ1n) is 7.75. The number of non-ortho nitro benzene ring substituents is 1. The molecule has 0 radical (unpaired) electrons. The Morgan fingerprint density at radius 1 is 1.18 bits per heavy atom. The highest BCUT2D eigenvalue weighted by Gasteiger charge is 2.21. The molecule has 0 unspecified atom stereocenters. The summed E-state index contributed by atoms with van der Waals surface area (Å²) in [6.45, 7) is 1.31. The number of amides is 1. The molecule has 0 bridgehead atoms. The Balaban J connectivity index is 2.07. The van der Waals surface area contributed by atoms with Crippen molar-refractivity contribution in [2.24, 2.45) is 0 Å². The van der Waals surface area contributed by atoms with Crippen LogP contribution >= 0.6 is 11.6 Å². The molecule has 0 aliphatic heterocycles. The minimum absolute atomic E-state index is 0.00118. The van der Waals surface area contributed by atoms with Crippen molar-refractivity contribution < 1.29 is 27.7 Å². The summed E-state index contributed by atoms with van der Waals surface area (Å²) in [4.78, 5) is 34.5. The summed E-state index contributed by atoms with van der Waals surface area (Å²) < 4.78 is 27.9. The summed E-state index contributed by atoms with van der Waals surface area (Å²) in [5.41, 5.74) is -0.211. The number of hydrogen-bond donors (Lipinski definition) is 1. The van der Waals surface area contributed by atoms with Gasteiger partial charge >= 0.3 is 5.97 Å². The van der Waals surface area contributed by atoms with E-state index in [2.05, 4.69) is 5.32 Å². The molecular weight excluding hydrogens is 412 g/mol. The van der Waals surface area contributed by atoms with Crippen molar-refractivity contribution in [1.29, 1.82) is 0 Å². The zero-order chi connectivity index (χ0) is 21.1. The predicted octanol–water partition coefficient (Wildman–Crippen LogP) is 2.84. The van der Waals surface area contributed by atoms with Crippen molar-refractivity contribution in [2.75, 3.05) is 11.6 Å². The van der Waals surface area contributed by atoms with Crippen LogP contribution in [0.25, 0.3) is 0 Å². The molecule has 0 saturated heterocycles. The van der Waals surface area contributed by atoms with E-state index in [1.807, 2.05) is 0 Å². The van der Waals surface area contributed by atoms with E-state index in [9.17, 15) is 28.1 Å². The number of carbonyl (C=O) groups excluding carboxylic acids is 2. The molecule has 0 aliphatic carbocycles. The fraction of sp³-hybridized carbons (Fsp3) is 0.176. The summed E-state index contributed by atoms with van der Waals surface area (Å²) in [6, 6.07) is 8.55. The second kappa shape index (κ2) is 8.36. The van der Waals surface area contributed by atoms with Crippen molar-refractivity contribution in [2.45, 2.75) is 17.9 Å². The number of carbonyl (C=O) groups is 2. The van der Waals surface area contributed by atoms with Gasteiger partial charge in [0, 0.05) is 18.4 Å². The van der Waals surface area contributed by atoms with Gasteiger partial charge in [-0.05, 0) is 37.3 Å². The van der Waals surface area contributed by atoms with Crippen molar-refractivity contribution in [3.05, 3.63) is 63.2 Å². The van der Waals surface area contributed by atoms with E-state index in [4.69, 9.17) is 16.3 Å². The number of ether oxygens (including phenoxy) is 1. The van der Waals surface area contributed by atoms with Crippen LogP contribution in [0.4, 0.5) is 11.4 Å². The zero-order valence-corrected chi connectivity index (χ0v) is 16.3. The monoisotopic (exact) mass is 426 g/mol. The Kier molecular flexibility index (Phi) is 6.37. The number of nitrogens with zero attached hydrogens (tertiary/aromatic N) is 1. The molecule has 0 aromatic heterocycles. The van der Waals surface area contributed by atoms with E-state index in [1.54, 1.807) is 0 Å². The number of sulfone groups is 1. The first kappa shape index (κ1) is 21.3. The van der Waals surface area contributed by atoms with Crippen molar-refractivity contribution in [1.82, 2.24) is 0 Å². The van der Waals surface area contributed by atoms with E-state index in [0.717, 1.165) is 12.3 Å². The lowest BCUT2D eigenvalue weighted by Gasteiger charge is -2.14. The number of hydrogen-bond acceptors (Lipinski definition) is 7. The standard InChI is InChI=1S/C17H15ClN2O7S/c1-10(16(21)19-15-9-12(20(23)24)5-8-14(15)18)27-17(22)11-3-6-13(7-4-11)28(2,25)26/h3-10H,1-2H3,(H,19,21)/t10-/m0/s1. The first-order valence-corrected chi connectivity index (χ1v) is 10.0.